The van der Waals surface area contributed by atoms with Crippen LogP contribution in [0.25, 0.3) is 0 Å². The van der Waals surface area contributed by atoms with E-state index in [0.717, 1.165) is 5.56 Å². The summed E-state index contributed by atoms with van der Waals surface area (Å²) in [5, 5.41) is 0.321. The van der Waals surface area contributed by atoms with Crippen molar-refractivity contribution < 1.29 is 13.2 Å². The molecule has 0 amide bonds. The number of nitrogen functional groups attached to an aromatic ring is 1. The van der Waals surface area contributed by atoms with Gasteiger partial charge in [-0.3, -0.25) is 0 Å². The van der Waals surface area contributed by atoms with Gasteiger partial charge in [0.1, 0.15) is 5.75 Å². The highest BCUT2D eigenvalue weighted by molar-refractivity contribution is 7.89. The molecule has 0 heterocycles. The van der Waals surface area contributed by atoms with Gasteiger partial charge < -0.3 is 10.5 Å². The number of sulfonamides is 1. The van der Waals surface area contributed by atoms with Crippen LogP contribution in [0.5, 0.6) is 5.75 Å². The van der Waals surface area contributed by atoms with E-state index in [9.17, 15) is 8.42 Å². The average molecular weight is 327 g/mol. The van der Waals surface area contributed by atoms with Gasteiger partial charge in [-0.1, -0.05) is 23.7 Å². The number of ether oxygens (including phenoxy) is 1. The molecule has 0 saturated carbocycles. The van der Waals surface area contributed by atoms with Crippen molar-refractivity contribution in [3.63, 3.8) is 0 Å². The minimum Gasteiger partial charge on any atom is -0.497 e. The molecule has 2 aromatic rings. The zero-order chi connectivity index (χ0) is 15.5. The Morgan fingerprint density at radius 3 is 2.67 bits per heavy atom. The van der Waals surface area contributed by atoms with Gasteiger partial charge in [0.25, 0.3) is 0 Å². The Morgan fingerprint density at radius 1 is 1.24 bits per heavy atom. The normalized spacial score (nSPS) is 11.3. The highest BCUT2D eigenvalue weighted by Crippen LogP contribution is 2.22. The highest BCUT2D eigenvalue weighted by atomic mass is 35.5. The number of hydrogen-bond acceptors (Lipinski definition) is 4. The predicted octanol–water partition coefficient (Wildman–Crippen LogP) is 2.41. The molecule has 7 heteroatoms. The highest BCUT2D eigenvalue weighted by Gasteiger charge is 2.15. The van der Waals surface area contributed by atoms with E-state index >= 15 is 0 Å². The molecule has 0 atom stereocenters. The quantitative estimate of drug-likeness (QED) is 0.827. The summed E-state index contributed by atoms with van der Waals surface area (Å²) in [7, 11) is -2.09. The van der Waals surface area contributed by atoms with Crippen LogP contribution in [0.4, 0.5) is 5.69 Å². The molecule has 5 nitrogen and oxygen atoms in total. The Morgan fingerprint density at radius 2 is 2.00 bits per heavy atom. The number of rotatable bonds is 5. The Kier molecular flexibility index (Phi) is 4.72. The number of benzene rings is 2. The second-order valence-corrected chi connectivity index (χ2v) is 6.53. The molecular weight excluding hydrogens is 312 g/mol. The monoisotopic (exact) mass is 326 g/mol. The van der Waals surface area contributed by atoms with Crippen LogP contribution in [-0.2, 0) is 16.6 Å². The lowest BCUT2D eigenvalue weighted by atomic mass is 10.2. The maximum atomic E-state index is 12.2. The van der Waals surface area contributed by atoms with Crippen molar-refractivity contribution >= 4 is 27.3 Å². The lowest BCUT2D eigenvalue weighted by molar-refractivity contribution is 0.414. The minimum absolute atomic E-state index is 0.0762. The molecule has 0 radical (unpaired) electrons. The lowest BCUT2D eigenvalue weighted by Crippen LogP contribution is -2.23. The first-order valence-electron chi connectivity index (χ1n) is 6.10. The van der Waals surface area contributed by atoms with Crippen LogP contribution in [0, 0.1) is 0 Å². The van der Waals surface area contributed by atoms with E-state index in [-0.39, 0.29) is 17.1 Å². The van der Waals surface area contributed by atoms with E-state index in [1.807, 2.05) is 0 Å². The lowest BCUT2D eigenvalue weighted by Gasteiger charge is -2.09. The molecule has 0 aromatic heterocycles. The van der Waals surface area contributed by atoms with Gasteiger partial charge >= 0.3 is 0 Å². The summed E-state index contributed by atoms with van der Waals surface area (Å²) in [6, 6.07) is 11.3. The van der Waals surface area contributed by atoms with Crippen molar-refractivity contribution in [1.82, 2.24) is 4.72 Å². The molecule has 0 aliphatic rings. The van der Waals surface area contributed by atoms with Crippen LogP contribution < -0.4 is 15.2 Å². The van der Waals surface area contributed by atoms with Crippen LogP contribution in [0.3, 0.4) is 0 Å². The van der Waals surface area contributed by atoms with Crippen molar-refractivity contribution in [3.8, 4) is 5.75 Å². The number of methoxy groups -OCH3 is 1. The predicted molar refractivity (Wildman–Crippen MR) is 82.9 cm³/mol. The number of nitrogens with one attached hydrogen (secondary N) is 1. The van der Waals surface area contributed by atoms with Gasteiger partial charge in [0.05, 0.1) is 22.7 Å². The smallest absolute Gasteiger partial charge is 0.240 e. The van der Waals surface area contributed by atoms with Crippen LogP contribution in [0.2, 0.25) is 5.02 Å². The zero-order valence-corrected chi connectivity index (χ0v) is 12.9. The van der Waals surface area contributed by atoms with E-state index in [1.165, 1.54) is 18.2 Å². The fraction of sp³-hybridized carbons (Fsp3) is 0.143. The van der Waals surface area contributed by atoms with Crippen molar-refractivity contribution in [2.24, 2.45) is 0 Å². The third-order valence-electron chi connectivity index (χ3n) is 2.88. The molecule has 2 aromatic carbocycles. The third-order valence-corrected chi connectivity index (χ3v) is 4.62. The van der Waals surface area contributed by atoms with Gasteiger partial charge in [-0.15, -0.1) is 0 Å². The SMILES string of the molecule is COc1cccc(CNS(=O)(=O)c2ccc(Cl)c(N)c2)c1. The molecule has 0 fully saturated rings. The molecule has 0 bridgehead atoms. The zero-order valence-electron chi connectivity index (χ0n) is 11.3. The number of nitrogens with two attached hydrogens (primary N) is 1. The molecule has 0 saturated heterocycles. The average Bonchev–Trinajstić information content (AvgIpc) is 2.48. The molecular formula is C14H15ClN2O3S. The van der Waals surface area contributed by atoms with Gasteiger partial charge in [0.2, 0.25) is 10.0 Å². The molecule has 3 N–H and O–H groups in total. The van der Waals surface area contributed by atoms with E-state index in [0.29, 0.717) is 10.8 Å². The Hall–Kier alpha value is -1.76. The fourth-order valence-corrected chi connectivity index (χ4v) is 2.90. The van der Waals surface area contributed by atoms with Crippen LogP contribution in [0.1, 0.15) is 5.56 Å². The van der Waals surface area contributed by atoms with Gasteiger partial charge in [0.15, 0.2) is 0 Å². The summed E-state index contributed by atoms with van der Waals surface area (Å²) in [6.45, 7) is 0.155. The van der Waals surface area contributed by atoms with E-state index in [4.69, 9.17) is 22.1 Å². The summed E-state index contributed by atoms with van der Waals surface area (Å²) < 4.78 is 32.0. The van der Waals surface area contributed by atoms with Crippen molar-refractivity contribution in [3.05, 3.63) is 53.1 Å². The molecule has 21 heavy (non-hydrogen) atoms. The molecule has 0 unspecified atom stereocenters. The number of hydrogen-bond donors (Lipinski definition) is 2. The molecule has 2 rings (SSSR count). The topological polar surface area (TPSA) is 81.4 Å². The molecule has 0 spiro atoms. The van der Waals surface area contributed by atoms with Crippen molar-refractivity contribution in [2.45, 2.75) is 11.4 Å². The summed E-state index contributed by atoms with van der Waals surface area (Å²) in [5.74, 6) is 0.669. The summed E-state index contributed by atoms with van der Waals surface area (Å²) in [4.78, 5) is 0.0762. The van der Waals surface area contributed by atoms with E-state index < -0.39 is 10.0 Å². The molecule has 112 valence electrons. The van der Waals surface area contributed by atoms with E-state index in [1.54, 1.807) is 31.4 Å². The summed E-state index contributed by atoms with van der Waals surface area (Å²) in [5.41, 5.74) is 6.64. The Labute approximate surface area is 128 Å². The Bertz CT molecular complexity index is 748. The largest absolute Gasteiger partial charge is 0.497 e. The fourth-order valence-electron chi connectivity index (χ4n) is 1.73. The number of anilines is 1. The minimum atomic E-state index is -3.65. The standard InChI is InChI=1S/C14H15ClN2O3S/c1-20-11-4-2-3-10(7-11)9-17-21(18,19)12-5-6-13(15)14(16)8-12/h2-8,17H,9,16H2,1H3. The Balaban J connectivity index is 2.15. The van der Waals surface area contributed by atoms with Gasteiger partial charge in [-0.2, -0.15) is 0 Å². The molecule has 0 aliphatic carbocycles. The number of halogens is 1. The van der Waals surface area contributed by atoms with Crippen molar-refractivity contribution in [2.75, 3.05) is 12.8 Å². The van der Waals surface area contributed by atoms with Gasteiger partial charge in [-0.05, 0) is 35.9 Å². The van der Waals surface area contributed by atoms with E-state index in [2.05, 4.69) is 4.72 Å². The second-order valence-electron chi connectivity index (χ2n) is 4.36. The van der Waals surface area contributed by atoms with Crippen molar-refractivity contribution in [1.29, 1.82) is 0 Å². The summed E-state index contributed by atoms with van der Waals surface area (Å²) >= 11 is 5.78. The van der Waals surface area contributed by atoms with Gasteiger partial charge in [-0.25, -0.2) is 13.1 Å². The first-order chi connectivity index (χ1) is 9.92. The van der Waals surface area contributed by atoms with Crippen LogP contribution in [0.15, 0.2) is 47.4 Å². The third kappa shape index (κ3) is 3.87. The first-order valence-corrected chi connectivity index (χ1v) is 7.96. The maximum Gasteiger partial charge on any atom is 0.240 e. The van der Waals surface area contributed by atoms with Crippen LogP contribution >= 0.6 is 11.6 Å². The molecule has 0 aliphatic heterocycles. The van der Waals surface area contributed by atoms with Gasteiger partial charge in [0, 0.05) is 6.54 Å². The first kappa shape index (κ1) is 15.6. The summed E-state index contributed by atoms with van der Waals surface area (Å²) in [6.07, 6.45) is 0. The van der Waals surface area contributed by atoms with Crippen LogP contribution in [-0.4, -0.2) is 15.5 Å². The second kappa shape index (κ2) is 6.34. The maximum absolute atomic E-state index is 12.2.